The third-order valence-corrected chi connectivity index (χ3v) is 5.64. The Hall–Kier alpha value is -3.36. The number of hydrogen-bond donors (Lipinski definition) is 2. The van der Waals surface area contributed by atoms with Crippen LogP contribution in [0.4, 0.5) is 8.78 Å². The molecule has 4 heterocycles. The Labute approximate surface area is 170 Å². The number of alkyl halides is 2. The maximum Gasteiger partial charge on any atom is 0.270 e. The van der Waals surface area contributed by atoms with Crippen LogP contribution in [0.2, 0.25) is 0 Å². The summed E-state index contributed by atoms with van der Waals surface area (Å²) < 4.78 is 26.4. The zero-order chi connectivity index (χ0) is 20.7. The zero-order valence-electron chi connectivity index (χ0n) is 16.1. The van der Waals surface area contributed by atoms with Gasteiger partial charge in [-0.05, 0) is 18.1 Å². The van der Waals surface area contributed by atoms with E-state index in [9.17, 15) is 13.6 Å². The van der Waals surface area contributed by atoms with E-state index in [1.165, 1.54) is 25.5 Å². The molecule has 0 bridgehead atoms. The summed E-state index contributed by atoms with van der Waals surface area (Å²) in [6, 6.07) is 3.68. The molecule has 4 aromatic heterocycles. The lowest BCUT2D eigenvalue weighted by molar-refractivity contribution is 0.0886. The lowest BCUT2D eigenvalue weighted by Crippen LogP contribution is -2.29. The van der Waals surface area contributed by atoms with E-state index in [1.807, 2.05) is 18.5 Å². The molecule has 1 aliphatic carbocycles. The molecule has 0 spiro atoms. The van der Waals surface area contributed by atoms with Crippen molar-refractivity contribution in [3.8, 4) is 11.1 Å². The molecule has 154 valence electrons. The van der Waals surface area contributed by atoms with Crippen molar-refractivity contribution in [2.24, 2.45) is 5.92 Å². The summed E-state index contributed by atoms with van der Waals surface area (Å²) in [6.07, 6.45) is 8.92. The van der Waals surface area contributed by atoms with Gasteiger partial charge in [0.05, 0.1) is 12.7 Å². The highest BCUT2D eigenvalue weighted by molar-refractivity contribution is 5.95. The van der Waals surface area contributed by atoms with E-state index in [4.69, 9.17) is 0 Å². The van der Waals surface area contributed by atoms with Crippen molar-refractivity contribution in [2.75, 3.05) is 6.54 Å². The summed E-state index contributed by atoms with van der Waals surface area (Å²) in [5, 5.41) is 3.10. The van der Waals surface area contributed by atoms with Crippen LogP contribution in [0.1, 0.15) is 35.6 Å². The van der Waals surface area contributed by atoms with E-state index in [0.717, 1.165) is 34.4 Å². The van der Waals surface area contributed by atoms with Crippen LogP contribution < -0.4 is 5.32 Å². The van der Waals surface area contributed by atoms with Crippen molar-refractivity contribution >= 4 is 22.6 Å². The first-order chi connectivity index (χ1) is 14.6. The van der Waals surface area contributed by atoms with Crippen LogP contribution >= 0.6 is 0 Å². The van der Waals surface area contributed by atoms with Gasteiger partial charge >= 0.3 is 0 Å². The maximum absolute atomic E-state index is 12.4. The summed E-state index contributed by atoms with van der Waals surface area (Å²) in [5.74, 6) is 0.946. The summed E-state index contributed by atoms with van der Waals surface area (Å²) in [7, 11) is 0. The molecule has 0 radical (unpaired) electrons. The third kappa shape index (κ3) is 3.40. The first-order valence-electron chi connectivity index (χ1n) is 9.95. The second kappa shape index (κ2) is 7.47. The average molecular weight is 410 g/mol. The Morgan fingerprint density at radius 3 is 2.90 bits per heavy atom. The standard InChI is InChI=1S/C21H20F2N6O/c22-17(23)10-27-21(30)16-9-25-19-5-4-13(11-29(16)19)14-7-26-20-15(14)8-24-18(28-20)6-12-2-1-3-12/h4-5,7-9,11-12,17H,1-3,6,10H2,(H,27,30)(H,24,26,28). The molecule has 2 N–H and O–H groups in total. The average Bonchev–Trinajstić information content (AvgIpc) is 3.32. The lowest BCUT2D eigenvalue weighted by Gasteiger charge is -2.24. The predicted molar refractivity (Wildman–Crippen MR) is 107 cm³/mol. The number of imidazole rings is 1. The van der Waals surface area contributed by atoms with Crippen LogP contribution in [0.15, 0.2) is 36.9 Å². The number of H-pyrrole nitrogens is 1. The van der Waals surface area contributed by atoms with E-state index in [2.05, 4.69) is 25.3 Å². The molecule has 9 heteroatoms. The molecule has 5 rings (SSSR count). The zero-order valence-corrected chi connectivity index (χ0v) is 16.1. The minimum absolute atomic E-state index is 0.200. The molecular weight excluding hydrogens is 390 g/mol. The summed E-state index contributed by atoms with van der Waals surface area (Å²) >= 11 is 0. The van der Waals surface area contributed by atoms with E-state index in [0.29, 0.717) is 11.6 Å². The molecule has 0 saturated heterocycles. The van der Waals surface area contributed by atoms with Crippen LogP contribution in [-0.2, 0) is 6.42 Å². The molecular formula is C21H20F2N6O. The van der Waals surface area contributed by atoms with E-state index in [-0.39, 0.29) is 5.69 Å². The Morgan fingerprint density at radius 1 is 1.27 bits per heavy atom. The van der Waals surface area contributed by atoms with E-state index >= 15 is 0 Å². The van der Waals surface area contributed by atoms with Crippen molar-refractivity contribution in [3.05, 3.63) is 48.4 Å². The van der Waals surface area contributed by atoms with Crippen molar-refractivity contribution in [1.29, 1.82) is 0 Å². The number of carbonyl (C=O) groups is 1. The fourth-order valence-corrected chi connectivity index (χ4v) is 3.80. The molecule has 30 heavy (non-hydrogen) atoms. The number of aromatic nitrogens is 5. The van der Waals surface area contributed by atoms with Gasteiger partial charge in [0.2, 0.25) is 0 Å². The fourth-order valence-electron chi connectivity index (χ4n) is 3.80. The topological polar surface area (TPSA) is 88.0 Å². The van der Waals surface area contributed by atoms with Gasteiger partial charge in [0, 0.05) is 41.5 Å². The second-order valence-corrected chi connectivity index (χ2v) is 7.64. The first kappa shape index (κ1) is 18.7. The Bertz CT molecular complexity index is 1230. The van der Waals surface area contributed by atoms with Crippen LogP contribution in [-0.4, -0.2) is 43.2 Å². The maximum atomic E-state index is 12.4. The molecule has 1 aliphatic rings. The predicted octanol–water partition coefficient (Wildman–Crippen LogP) is 3.61. The van der Waals surface area contributed by atoms with E-state index in [1.54, 1.807) is 16.7 Å². The van der Waals surface area contributed by atoms with Crippen LogP contribution in [0.5, 0.6) is 0 Å². The molecule has 0 atom stereocenters. The monoisotopic (exact) mass is 410 g/mol. The van der Waals surface area contributed by atoms with Gasteiger partial charge in [-0.15, -0.1) is 0 Å². The van der Waals surface area contributed by atoms with Crippen LogP contribution in [0, 0.1) is 5.92 Å². The van der Waals surface area contributed by atoms with Gasteiger partial charge in [-0.25, -0.2) is 23.7 Å². The highest BCUT2D eigenvalue weighted by atomic mass is 19.3. The molecule has 7 nitrogen and oxygen atoms in total. The van der Waals surface area contributed by atoms with Crippen molar-refractivity contribution in [2.45, 2.75) is 32.1 Å². The van der Waals surface area contributed by atoms with Gasteiger partial charge in [-0.3, -0.25) is 9.20 Å². The smallest absolute Gasteiger partial charge is 0.270 e. The van der Waals surface area contributed by atoms with Gasteiger partial charge < -0.3 is 10.3 Å². The number of aromatic amines is 1. The summed E-state index contributed by atoms with van der Waals surface area (Å²) in [4.78, 5) is 28.9. The molecule has 0 aromatic carbocycles. The number of amides is 1. The first-order valence-corrected chi connectivity index (χ1v) is 9.95. The Kier molecular flexibility index (Phi) is 4.65. The number of nitrogens with one attached hydrogen (secondary N) is 2. The SMILES string of the molecule is O=C(NCC(F)F)c1cnc2ccc(-c3c[nH]c4nc(CC5CCC5)ncc34)cn12. The Morgan fingerprint density at radius 2 is 2.13 bits per heavy atom. The molecule has 1 fully saturated rings. The number of halogens is 2. The molecule has 4 aromatic rings. The number of rotatable bonds is 6. The fraction of sp³-hybridized carbons (Fsp3) is 0.333. The minimum Gasteiger partial charge on any atom is -0.345 e. The highest BCUT2D eigenvalue weighted by Gasteiger charge is 2.20. The number of nitrogens with zero attached hydrogens (tertiary/aromatic N) is 4. The third-order valence-electron chi connectivity index (χ3n) is 5.64. The molecule has 0 unspecified atom stereocenters. The normalized spacial score (nSPS) is 14.5. The largest absolute Gasteiger partial charge is 0.345 e. The highest BCUT2D eigenvalue weighted by Crippen LogP contribution is 2.31. The van der Waals surface area contributed by atoms with Gasteiger partial charge in [0.1, 0.15) is 22.8 Å². The summed E-state index contributed by atoms with van der Waals surface area (Å²) in [6.45, 7) is -0.700. The van der Waals surface area contributed by atoms with Gasteiger partial charge in [-0.2, -0.15) is 0 Å². The summed E-state index contributed by atoms with van der Waals surface area (Å²) in [5.41, 5.74) is 3.26. The molecule has 1 amide bonds. The lowest BCUT2D eigenvalue weighted by atomic mass is 9.83. The van der Waals surface area contributed by atoms with Gasteiger partial charge in [0.25, 0.3) is 12.3 Å². The van der Waals surface area contributed by atoms with Crippen LogP contribution in [0.25, 0.3) is 27.8 Å². The van der Waals surface area contributed by atoms with Crippen molar-refractivity contribution in [1.82, 2.24) is 29.7 Å². The van der Waals surface area contributed by atoms with Crippen molar-refractivity contribution < 1.29 is 13.6 Å². The number of fused-ring (bicyclic) bond motifs is 2. The second-order valence-electron chi connectivity index (χ2n) is 7.64. The van der Waals surface area contributed by atoms with Gasteiger partial charge in [-0.1, -0.05) is 19.3 Å². The number of pyridine rings is 1. The minimum atomic E-state index is -2.61. The molecule has 1 saturated carbocycles. The molecule has 0 aliphatic heterocycles. The van der Waals surface area contributed by atoms with Gasteiger partial charge in [0.15, 0.2) is 0 Å². The van der Waals surface area contributed by atoms with Crippen molar-refractivity contribution in [3.63, 3.8) is 0 Å². The van der Waals surface area contributed by atoms with Crippen LogP contribution in [0.3, 0.4) is 0 Å². The van der Waals surface area contributed by atoms with E-state index < -0.39 is 18.9 Å². The Balaban J connectivity index is 1.47. The number of carbonyl (C=O) groups excluding carboxylic acids is 1. The quantitative estimate of drug-likeness (QED) is 0.508. The number of hydrogen-bond acceptors (Lipinski definition) is 4.